The number of rotatable bonds is 3. The van der Waals surface area contributed by atoms with E-state index in [1.807, 2.05) is 6.07 Å². The maximum Gasteiger partial charge on any atom is 0.257 e. The Balaban J connectivity index is 1.86. The van der Waals surface area contributed by atoms with Crippen molar-refractivity contribution in [3.63, 3.8) is 0 Å². The minimum absolute atomic E-state index is 0.248. The largest absolute Gasteiger partial charge is 0.314 e. The van der Waals surface area contributed by atoms with Crippen molar-refractivity contribution in [1.82, 2.24) is 15.5 Å². The fraction of sp³-hybridized carbons (Fsp3) is 0.429. The number of piperazine rings is 1. The molecule has 2 N–H and O–H groups in total. The molecule has 1 atom stereocenters. The molecule has 0 aliphatic carbocycles. The fourth-order valence-corrected chi connectivity index (χ4v) is 2.13. The molecule has 1 heterocycles. The van der Waals surface area contributed by atoms with E-state index in [0.717, 1.165) is 19.6 Å². The molecule has 1 fully saturated rings. The molecule has 0 aromatic heterocycles. The number of nitrogens with one attached hydrogen (secondary N) is 2. The van der Waals surface area contributed by atoms with Gasteiger partial charge in [0.25, 0.3) is 5.91 Å². The van der Waals surface area contributed by atoms with Crippen molar-refractivity contribution in [2.75, 3.05) is 26.2 Å². The highest BCUT2D eigenvalue weighted by molar-refractivity contribution is 6.05. The lowest BCUT2D eigenvalue weighted by atomic mass is 10.2. The summed E-state index contributed by atoms with van der Waals surface area (Å²) in [5, 5.41) is 5.69. The van der Waals surface area contributed by atoms with E-state index < -0.39 is 0 Å². The molecule has 0 unspecified atom stereocenters. The summed E-state index contributed by atoms with van der Waals surface area (Å²) < 4.78 is 0. The van der Waals surface area contributed by atoms with Gasteiger partial charge in [0.1, 0.15) is 0 Å². The van der Waals surface area contributed by atoms with Gasteiger partial charge in [-0.3, -0.25) is 19.8 Å². The van der Waals surface area contributed by atoms with Crippen molar-refractivity contribution in [2.45, 2.75) is 13.0 Å². The van der Waals surface area contributed by atoms with Gasteiger partial charge < -0.3 is 5.32 Å². The molecule has 5 nitrogen and oxygen atoms in total. The molecular formula is C14H19N3O2. The van der Waals surface area contributed by atoms with Crippen LogP contribution < -0.4 is 10.6 Å². The third-order valence-electron chi connectivity index (χ3n) is 3.27. The number of carbonyl (C=O) groups is 2. The highest BCUT2D eigenvalue weighted by Crippen LogP contribution is 2.02. The van der Waals surface area contributed by atoms with Crippen LogP contribution in [0.15, 0.2) is 30.3 Å². The smallest absolute Gasteiger partial charge is 0.257 e. The van der Waals surface area contributed by atoms with Crippen LogP contribution in [0.2, 0.25) is 0 Å². The van der Waals surface area contributed by atoms with Gasteiger partial charge in [0.05, 0.1) is 6.54 Å². The molecule has 1 aromatic rings. The minimum atomic E-state index is -0.339. The van der Waals surface area contributed by atoms with Crippen LogP contribution >= 0.6 is 0 Å². The Labute approximate surface area is 113 Å². The number of nitrogens with zero attached hydrogens (tertiary/aromatic N) is 1. The molecule has 0 spiro atoms. The average molecular weight is 261 g/mol. The summed E-state index contributed by atoms with van der Waals surface area (Å²) in [5.74, 6) is -0.587. The normalized spacial score (nSPS) is 19.9. The number of imide groups is 1. The maximum atomic E-state index is 11.8. The van der Waals surface area contributed by atoms with E-state index >= 15 is 0 Å². The minimum Gasteiger partial charge on any atom is -0.314 e. The summed E-state index contributed by atoms with van der Waals surface area (Å²) in [6, 6.07) is 9.08. The Kier molecular flexibility index (Phi) is 4.65. The summed E-state index contributed by atoms with van der Waals surface area (Å²) in [4.78, 5) is 25.7. The number of hydrogen-bond acceptors (Lipinski definition) is 4. The molecule has 1 aliphatic rings. The fourth-order valence-electron chi connectivity index (χ4n) is 2.13. The van der Waals surface area contributed by atoms with E-state index in [1.165, 1.54) is 0 Å². The SMILES string of the molecule is C[C@H]1CNCCN1CC(=O)NC(=O)c1ccccc1. The molecule has 5 heteroatoms. The van der Waals surface area contributed by atoms with Gasteiger partial charge in [0.2, 0.25) is 5.91 Å². The van der Waals surface area contributed by atoms with Crippen LogP contribution in [0.4, 0.5) is 0 Å². The van der Waals surface area contributed by atoms with Crippen LogP contribution in [0, 0.1) is 0 Å². The van der Waals surface area contributed by atoms with Crippen LogP contribution in [0.1, 0.15) is 17.3 Å². The second kappa shape index (κ2) is 6.45. The van der Waals surface area contributed by atoms with Gasteiger partial charge in [0.15, 0.2) is 0 Å². The summed E-state index contributed by atoms with van der Waals surface area (Å²) in [5.41, 5.74) is 0.504. The Morgan fingerprint density at radius 2 is 2.11 bits per heavy atom. The Morgan fingerprint density at radius 1 is 1.37 bits per heavy atom. The first-order valence-corrected chi connectivity index (χ1v) is 6.51. The van der Waals surface area contributed by atoms with Crippen molar-refractivity contribution in [1.29, 1.82) is 0 Å². The number of carbonyl (C=O) groups excluding carboxylic acids is 2. The van der Waals surface area contributed by atoms with E-state index in [2.05, 4.69) is 22.5 Å². The van der Waals surface area contributed by atoms with Crippen molar-refractivity contribution in [3.8, 4) is 0 Å². The first-order valence-electron chi connectivity index (χ1n) is 6.51. The number of hydrogen-bond donors (Lipinski definition) is 2. The molecule has 0 saturated carbocycles. The van der Waals surface area contributed by atoms with Crippen LogP contribution in [-0.4, -0.2) is 48.9 Å². The van der Waals surface area contributed by atoms with Gasteiger partial charge in [-0.05, 0) is 19.1 Å². The molecule has 1 saturated heterocycles. The van der Waals surface area contributed by atoms with E-state index in [4.69, 9.17) is 0 Å². The highest BCUT2D eigenvalue weighted by atomic mass is 16.2. The second-order valence-electron chi connectivity index (χ2n) is 4.77. The molecule has 1 aromatic carbocycles. The van der Waals surface area contributed by atoms with Crippen LogP contribution in [0.3, 0.4) is 0 Å². The van der Waals surface area contributed by atoms with Crippen molar-refractivity contribution < 1.29 is 9.59 Å². The summed E-state index contributed by atoms with van der Waals surface area (Å²) in [6.45, 7) is 4.91. The lowest BCUT2D eigenvalue weighted by molar-refractivity contribution is -0.121. The third kappa shape index (κ3) is 3.87. The van der Waals surface area contributed by atoms with Crippen molar-refractivity contribution in [2.24, 2.45) is 0 Å². The summed E-state index contributed by atoms with van der Waals surface area (Å²) in [6.07, 6.45) is 0. The predicted octanol–water partition coefficient (Wildman–Crippen LogP) is 0.237. The topological polar surface area (TPSA) is 61.4 Å². The van der Waals surface area contributed by atoms with Gasteiger partial charge in [-0.2, -0.15) is 0 Å². The Hall–Kier alpha value is -1.72. The lowest BCUT2D eigenvalue weighted by Crippen LogP contribution is -2.53. The first-order chi connectivity index (χ1) is 9.16. The molecular weight excluding hydrogens is 242 g/mol. The zero-order chi connectivity index (χ0) is 13.7. The van der Waals surface area contributed by atoms with Gasteiger partial charge in [-0.15, -0.1) is 0 Å². The maximum absolute atomic E-state index is 11.8. The molecule has 19 heavy (non-hydrogen) atoms. The van der Waals surface area contributed by atoms with Crippen LogP contribution in [0.25, 0.3) is 0 Å². The standard InChI is InChI=1S/C14H19N3O2/c1-11-9-15-7-8-17(11)10-13(18)16-14(19)12-5-3-2-4-6-12/h2-6,11,15H,7-10H2,1H3,(H,16,18,19)/t11-/m0/s1. The van der Waals surface area contributed by atoms with Gasteiger partial charge in [0, 0.05) is 31.2 Å². The lowest BCUT2D eigenvalue weighted by Gasteiger charge is -2.33. The Morgan fingerprint density at radius 3 is 2.79 bits per heavy atom. The van der Waals surface area contributed by atoms with E-state index in [-0.39, 0.29) is 18.4 Å². The molecule has 2 amide bonds. The molecule has 2 rings (SSSR count). The van der Waals surface area contributed by atoms with Gasteiger partial charge in [-0.1, -0.05) is 18.2 Å². The van der Waals surface area contributed by atoms with Crippen molar-refractivity contribution in [3.05, 3.63) is 35.9 Å². The van der Waals surface area contributed by atoms with E-state index in [0.29, 0.717) is 11.6 Å². The second-order valence-corrected chi connectivity index (χ2v) is 4.77. The quantitative estimate of drug-likeness (QED) is 0.818. The molecule has 0 radical (unpaired) electrons. The van der Waals surface area contributed by atoms with Crippen LogP contribution in [0.5, 0.6) is 0 Å². The number of benzene rings is 1. The van der Waals surface area contributed by atoms with E-state index in [1.54, 1.807) is 24.3 Å². The average Bonchev–Trinajstić information content (AvgIpc) is 2.42. The predicted molar refractivity (Wildman–Crippen MR) is 72.8 cm³/mol. The number of amides is 2. The summed E-state index contributed by atoms with van der Waals surface area (Å²) in [7, 11) is 0. The Bertz CT molecular complexity index is 447. The zero-order valence-electron chi connectivity index (χ0n) is 11.1. The first kappa shape index (κ1) is 13.7. The molecule has 0 bridgehead atoms. The van der Waals surface area contributed by atoms with Gasteiger partial charge >= 0.3 is 0 Å². The molecule has 102 valence electrons. The summed E-state index contributed by atoms with van der Waals surface area (Å²) >= 11 is 0. The zero-order valence-corrected chi connectivity index (χ0v) is 11.1. The monoisotopic (exact) mass is 261 g/mol. The third-order valence-corrected chi connectivity index (χ3v) is 3.27. The van der Waals surface area contributed by atoms with E-state index in [9.17, 15) is 9.59 Å². The highest BCUT2D eigenvalue weighted by Gasteiger charge is 2.21. The van der Waals surface area contributed by atoms with Gasteiger partial charge in [-0.25, -0.2) is 0 Å². The van der Waals surface area contributed by atoms with Crippen molar-refractivity contribution >= 4 is 11.8 Å². The van der Waals surface area contributed by atoms with Crippen LogP contribution in [-0.2, 0) is 4.79 Å². The molecule has 1 aliphatic heterocycles.